The molecule has 3 aromatic rings. The molecule has 0 bridgehead atoms. The van der Waals surface area contributed by atoms with Gasteiger partial charge in [0.05, 0.1) is 11.7 Å². The molecule has 1 fully saturated rings. The van der Waals surface area contributed by atoms with Gasteiger partial charge in [-0.3, -0.25) is 4.39 Å². The van der Waals surface area contributed by atoms with Crippen molar-refractivity contribution in [2.75, 3.05) is 26.3 Å². The van der Waals surface area contributed by atoms with Gasteiger partial charge in [-0.1, -0.05) is 86.5 Å². The predicted molar refractivity (Wildman–Crippen MR) is 173 cm³/mol. The van der Waals surface area contributed by atoms with Crippen molar-refractivity contribution in [3.05, 3.63) is 110 Å². The van der Waals surface area contributed by atoms with E-state index < -0.39 is 0 Å². The minimum Gasteiger partial charge on any atom is -0.302 e. The number of alkyl halides is 1. The van der Waals surface area contributed by atoms with Gasteiger partial charge in [-0.2, -0.15) is 0 Å². The second-order valence-electron chi connectivity index (χ2n) is 11.5. The zero-order valence-electron chi connectivity index (χ0n) is 25.2. The number of likely N-dealkylation sites (tertiary alicyclic amines) is 1. The normalized spacial score (nSPS) is 16.0. The molecule has 218 valence electrons. The molecule has 1 aliphatic rings. The van der Waals surface area contributed by atoms with Crippen LogP contribution in [0.15, 0.2) is 66.2 Å². The van der Waals surface area contributed by atoms with Crippen molar-refractivity contribution in [2.24, 2.45) is 5.92 Å². The Kier molecular flexibility index (Phi) is 11.0. The molecule has 1 aliphatic heterocycles. The molecule has 4 rings (SSSR count). The van der Waals surface area contributed by atoms with Gasteiger partial charge >= 0.3 is 0 Å². The zero-order chi connectivity index (χ0) is 29.5. The third-order valence-electron chi connectivity index (χ3n) is 8.65. The molecule has 1 nitrogen and oxygen atoms in total. The summed E-state index contributed by atoms with van der Waals surface area (Å²) in [5, 5.41) is 0.428. The second-order valence-corrected chi connectivity index (χ2v) is 11.9. The third-order valence-corrected chi connectivity index (χ3v) is 8.96. The summed E-state index contributed by atoms with van der Waals surface area (Å²) in [5.41, 5.74) is 10.5. The van der Waals surface area contributed by atoms with E-state index in [1.54, 1.807) is 6.07 Å². The first-order chi connectivity index (χ1) is 19.8. The number of rotatable bonds is 12. The summed E-state index contributed by atoms with van der Waals surface area (Å²) < 4.78 is 26.9. The van der Waals surface area contributed by atoms with Crippen LogP contribution in [0.25, 0.3) is 17.2 Å². The highest BCUT2D eigenvalue weighted by molar-refractivity contribution is 6.32. The van der Waals surface area contributed by atoms with Gasteiger partial charge in [-0.25, -0.2) is 4.39 Å². The number of nitrogens with zero attached hydrogens (tertiary/aromatic N) is 1. The average molecular weight is 576 g/mol. The fourth-order valence-corrected chi connectivity index (χ4v) is 6.18. The van der Waals surface area contributed by atoms with E-state index in [2.05, 4.69) is 88.1 Å². The Morgan fingerprint density at radius 1 is 0.976 bits per heavy atom. The first-order valence-electron chi connectivity index (χ1n) is 15.1. The van der Waals surface area contributed by atoms with E-state index in [-0.39, 0.29) is 18.4 Å². The van der Waals surface area contributed by atoms with Crippen LogP contribution in [-0.4, -0.2) is 31.2 Å². The van der Waals surface area contributed by atoms with Gasteiger partial charge in [0, 0.05) is 19.0 Å². The van der Waals surface area contributed by atoms with Gasteiger partial charge in [0.15, 0.2) is 0 Å². The van der Waals surface area contributed by atoms with E-state index in [4.69, 9.17) is 11.6 Å². The predicted octanol–water partition coefficient (Wildman–Crippen LogP) is 10.8. The molecular weight excluding hydrogens is 532 g/mol. The lowest BCUT2D eigenvalue weighted by Gasteiger charge is -2.38. The minimum atomic E-state index is -0.332. The summed E-state index contributed by atoms with van der Waals surface area (Å²) in [5.74, 6) is 0.360. The van der Waals surface area contributed by atoms with Crippen molar-refractivity contribution >= 4 is 28.8 Å². The molecule has 41 heavy (non-hydrogen) atoms. The molecule has 0 radical (unpaired) electrons. The first kappa shape index (κ1) is 31.2. The Hall–Kier alpha value is -2.75. The topological polar surface area (TPSA) is 3.24 Å². The van der Waals surface area contributed by atoms with E-state index in [1.165, 1.54) is 34.4 Å². The van der Waals surface area contributed by atoms with Gasteiger partial charge in [0.25, 0.3) is 0 Å². The maximum atomic E-state index is 14.0. The monoisotopic (exact) mass is 575 g/mol. The Labute approximate surface area is 250 Å². The van der Waals surface area contributed by atoms with Crippen LogP contribution in [0.3, 0.4) is 0 Å². The summed E-state index contributed by atoms with van der Waals surface area (Å²) in [6.45, 7) is 13.5. The quantitative estimate of drug-likeness (QED) is 0.194. The molecule has 3 aromatic carbocycles. The van der Waals surface area contributed by atoms with E-state index in [0.29, 0.717) is 10.9 Å². The molecule has 0 aromatic heterocycles. The number of allylic oxidation sites excluding steroid dienone is 2. The molecule has 0 saturated carbocycles. The lowest BCUT2D eigenvalue weighted by atomic mass is 9.85. The Morgan fingerprint density at radius 3 is 2.29 bits per heavy atom. The third kappa shape index (κ3) is 7.56. The summed E-state index contributed by atoms with van der Waals surface area (Å²) >= 11 is 6.64. The lowest BCUT2D eigenvalue weighted by Crippen LogP contribution is -2.48. The van der Waals surface area contributed by atoms with Crippen molar-refractivity contribution < 1.29 is 8.78 Å². The number of halogens is 3. The van der Waals surface area contributed by atoms with Gasteiger partial charge < -0.3 is 4.90 Å². The van der Waals surface area contributed by atoms with E-state index in [9.17, 15) is 8.78 Å². The molecule has 0 aliphatic carbocycles. The summed E-state index contributed by atoms with van der Waals surface area (Å²) in [7, 11) is 0. The molecule has 1 atom stereocenters. The second kappa shape index (κ2) is 14.4. The number of aryl methyl sites for hydroxylation is 1. The van der Waals surface area contributed by atoms with Crippen LogP contribution in [0.2, 0.25) is 5.02 Å². The zero-order valence-corrected chi connectivity index (χ0v) is 26.0. The maximum absolute atomic E-state index is 14.0. The van der Waals surface area contributed by atoms with Gasteiger partial charge in [-0.05, 0) is 115 Å². The largest absolute Gasteiger partial charge is 0.302 e. The molecular formula is C37H44ClF2N. The number of hydrogen-bond donors (Lipinski definition) is 0. The molecule has 1 saturated heterocycles. The molecule has 1 heterocycles. The SMILES string of the molecule is CC/C(C)=C/c1cc(/C(=C(\CC)c2ccc(F)cc2Cl)c2ccc(C(CC)CCN3CC(CF)C3)cc2)ccc1C. The minimum absolute atomic E-state index is 0.203. The van der Waals surface area contributed by atoms with Crippen LogP contribution >= 0.6 is 11.6 Å². The van der Waals surface area contributed by atoms with Crippen LogP contribution in [0.1, 0.15) is 92.7 Å². The standard InChI is InChI=1S/C37H44ClF2N/c1-6-25(4)19-32-20-31(10-9-26(32)5)37(34(8-3)35-16-15-33(40)21-36(35)38)30-13-11-29(12-14-30)28(7-2)17-18-41-23-27(22-39)24-41/h9-16,19-21,27-28H,6-8,17-18,22-24H2,1-5H3/b25-19+,37-34+. The van der Waals surface area contributed by atoms with Crippen LogP contribution in [-0.2, 0) is 0 Å². The van der Waals surface area contributed by atoms with Crippen LogP contribution in [0.4, 0.5) is 8.78 Å². The summed E-state index contributed by atoms with van der Waals surface area (Å²) in [6, 6.07) is 20.3. The molecule has 0 N–H and O–H groups in total. The Balaban J connectivity index is 1.76. The van der Waals surface area contributed by atoms with Crippen molar-refractivity contribution in [1.29, 1.82) is 0 Å². The molecule has 0 spiro atoms. The van der Waals surface area contributed by atoms with Crippen LogP contribution in [0.5, 0.6) is 0 Å². The van der Waals surface area contributed by atoms with Crippen molar-refractivity contribution in [1.82, 2.24) is 4.90 Å². The van der Waals surface area contributed by atoms with Crippen molar-refractivity contribution in [3.8, 4) is 0 Å². The summed E-state index contributed by atoms with van der Waals surface area (Å²) in [6.07, 6.45) is 6.18. The van der Waals surface area contributed by atoms with Crippen molar-refractivity contribution in [3.63, 3.8) is 0 Å². The highest BCUT2D eigenvalue weighted by Crippen LogP contribution is 2.39. The molecule has 4 heteroatoms. The molecule has 1 unspecified atom stereocenters. The van der Waals surface area contributed by atoms with Crippen LogP contribution in [0, 0.1) is 18.7 Å². The van der Waals surface area contributed by atoms with Crippen molar-refractivity contribution in [2.45, 2.75) is 66.2 Å². The number of hydrogen-bond acceptors (Lipinski definition) is 1. The number of benzene rings is 3. The average Bonchev–Trinajstić information content (AvgIpc) is 2.95. The Morgan fingerprint density at radius 2 is 1.68 bits per heavy atom. The fraction of sp³-hybridized carbons (Fsp3) is 0.405. The van der Waals surface area contributed by atoms with E-state index >= 15 is 0 Å². The maximum Gasteiger partial charge on any atom is 0.124 e. The van der Waals surface area contributed by atoms with E-state index in [1.807, 2.05) is 0 Å². The first-order valence-corrected chi connectivity index (χ1v) is 15.5. The smallest absolute Gasteiger partial charge is 0.124 e. The van der Waals surface area contributed by atoms with Gasteiger partial charge in [0.1, 0.15) is 5.82 Å². The highest BCUT2D eigenvalue weighted by atomic mass is 35.5. The fourth-order valence-electron chi connectivity index (χ4n) is 5.89. The molecule has 0 amide bonds. The Bertz CT molecular complexity index is 1380. The highest BCUT2D eigenvalue weighted by Gasteiger charge is 2.26. The van der Waals surface area contributed by atoms with Gasteiger partial charge in [-0.15, -0.1) is 0 Å². The van der Waals surface area contributed by atoms with Crippen LogP contribution < -0.4 is 0 Å². The summed E-state index contributed by atoms with van der Waals surface area (Å²) in [4.78, 5) is 2.37. The lowest BCUT2D eigenvalue weighted by molar-refractivity contribution is 0.0778. The van der Waals surface area contributed by atoms with Gasteiger partial charge in [0.2, 0.25) is 0 Å². The van der Waals surface area contributed by atoms with E-state index in [0.717, 1.165) is 73.2 Å².